The Hall–Kier alpha value is -2.89. The molecule has 2 rings (SSSR count). The van der Waals surface area contributed by atoms with Crippen LogP contribution in [0.2, 0.25) is 0 Å². The Kier molecular flexibility index (Phi) is 6.95. The molecule has 25 heavy (non-hydrogen) atoms. The van der Waals surface area contributed by atoms with E-state index in [0.717, 1.165) is 29.2 Å². The summed E-state index contributed by atoms with van der Waals surface area (Å²) in [6, 6.07) is 8.04. The maximum atomic E-state index is 7.78. The third kappa shape index (κ3) is 5.91. The number of aryl methyl sites for hydroxylation is 2. The van der Waals surface area contributed by atoms with Crippen molar-refractivity contribution in [2.24, 2.45) is 0 Å². The van der Waals surface area contributed by atoms with Crippen LogP contribution in [0.3, 0.4) is 0 Å². The van der Waals surface area contributed by atoms with Gasteiger partial charge >= 0.3 is 0 Å². The Labute approximate surface area is 148 Å². The normalized spacial score (nSPS) is 10.7. The van der Waals surface area contributed by atoms with Crippen LogP contribution < -0.4 is 10.6 Å². The SMILES string of the molecule is CCc1ncnc(NCCOC(=N)/C=C\Nc2ccc(C)cc2)c1C. The second kappa shape index (κ2) is 9.42. The van der Waals surface area contributed by atoms with Gasteiger partial charge in [-0.25, -0.2) is 9.97 Å². The molecule has 1 aromatic carbocycles. The average molecular weight is 339 g/mol. The summed E-state index contributed by atoms with van der Waals surface area (Å²) in [4.78, 5) is 8.48. The number of hydrogen-bond donors (Lipinski definition) is 3. The minimum atomic E-state index is 0.107. The monoisotopic (exact) mass is 339 g/mol. The van der Waals surface area contributed by atoms with E-state index in [0.29, 0.717) is 13.2 Å². The zero-order chi connectivity index (χ0) is 18.1. The fourth-order valence-electron chi connectivity index (χ4n) is 2.26. The van der Waals surface area contributed by atoms with Crippen molar-refractivity contribution in [3.05, 3.63) is 59.7 Å². The summed E-state index contributed by atoms with van der Waals surface area (Å²) in [5.74, 6) is 0.925. The minimum Gasteiger partial charge on any atom is -0.476 e. The number of ether oxygens (including phenoxy) is 1. The molecule has 0 aliphatic carbocycles. The van der Waals surface area contributed by atoms with Gasteiger partial charge in [-0.1, -0.05) is 24.6 Å². The highest BCUT2D eigenvalue weighted by Gasteiger charge is 2.04. The zero-order valence-corrected chi connectivity index (χ0v) is 15.0. The Bertz CT molecular complexity index is 725. The molecule has 1 heterocycles. The van der Waals surface area contributed by atoms with Crippen LogP contribution in [0.4, 0.5) is 11.5 Å². The smallest absolute Gasteiger partial charge is 0.207 e. The Morgan fingerprint density at radius 2 is 1.96 bits per heavy atom. The predicted octanol–water partition coefficient (Wildman–Crippen LogP) is 3.69. The first kappa shape index (κ1) is 18.4. The summed E-state index contributed by atoms with van der Waals surface area (Å²) < 4.78 is 5.37. The molecule has 6 heteroatoms. The van der Waals surface area contributed by atoms with Crippen LogP contribution in [0.15, 0.2) is 42.9 Å². The van der Waals surface area contributed by atoms with E-state index in [1.807, 2.05) is 38.1 Å². The van der Waals surface area contributed by atoms with E-state index in [9.17, 15) is 0 Å². The molecule has 2 aromatic rings. The molecule has 0 atom stereocenters. The summed E-state index contributed by atoms with van der Waals surface area (Å²) in [6.45, 7) is 7.08. The molecule has 0 aliphatic rings. The Balaban J connectivity index is 1.70. The first-order valence-electron chi connectivity index (χ1n) is 8.35. The van der Waals surface area contributed by atoms with Crippen molar-refractivity contribution in [3.63, 3.8) is 0 Å². The molecular weight excluding hydrogens is 314 g/mol. The molecule has 6 nitrogen and oxygen atoms in total. The fraction of sp³-hybridized carbons (Fsp3) is 0.316. The van der Waals surface area contributed by atoms with Gasteiger partial charge in [0.2, 0.25) is 5.90 Å². The van der Waals surface area contributed by atoms with Gasteiger partial charge in [-0.3, -0.25) is 5.41 Å². The van der Waals surface area contributed by atoms with Gasteiger partial charge in [0.1, 0.15) is 18.8 Å². The molecule has 0 unspecified atom stereocenters. The van der Waals surface area contributed by atoms with Gasteiger partial charge in [0.15, 0.2) is 0 Å². The van der Waals surface area contributed by atoms with Crippen LogP contribution in [0.25, 0.3) is 0 Å². The molecule has 132 valence electrons. The molecule has 0 amide bonds. The summed E-state index contributed by atoms with van der Waals surface area (Å²) in [6.07, 6.45) is 5.73. The highest BCUT2D eigenvalue weighted by atomic mass is 16.5. The van der Waals surface area contributed by atoms with Crippen molar-refractivity contribution in [3.8, 4) is 0 Å². The van der Waals surface area contributed by atoms with Crippen molar-refractivity contribution in [1.29, 1.82) is 5.41 Å². The third-order valence-corrected chi connectivity index (χ3v) is 3.71. The highest BCUT2D eigenvalue weighted by molar-refractivity contribution is 5.85. The topological polar surface area (TPSA) is 82.9 Å². The summed E-state index contributed by atoms with van der Waals surface area (Å²) >= 11 is 0. The lowest BCUT2D eigenvalue weighted by Gasteiger charge is -2.11. The quantitative estimate of drug-likeness (QED) is 0.388. The molecule has 3 N–H and O–H groups in total. The molecule has 0 spiro atoms. The van der Waals surface area contributed by atoms with Gasteiger partial charge in [-0.05, 0) is 32.4 Å². The van der Waals surface area contributed by atoms with Gasteiger partial charge in [0, 0.05) is 29.2 Å². The van der Waals surface area contributed by atoms with Gasteiger partial charge < -0.3 is 15.4 Å². The lowest BCUT2D eigenvalue weighted by molar-refractivity contribution is 0.320. The molecule has 0 radical (unpaired) electrons. The maximum Gasteiger partial charge on any atom is 0.207 e. The van der Waals surface area contributed by atoms with Crippen molar-refractivity contribution in [1.82, 2.24) is 9.97 Å². The van der Waals surface area contributed by atoms with Crippen LogP contribution in [0.1, 0.15) is 23.7 Å². The maximum absolute atomic E-state index is 7.78. The van der Waals surface area contributed by atoms with E-state index in [1.54, 1.807) is 18.6 Å². The Morgan fingerprint density at radius 3 is 2.68 bits per heavy atom. The number of rotatable bonds is 8. The second-order valence-electron chi connectivity index (χ2n) is 5.63. The van der Waals surface area contributed by atoms with Crippen LogP contribution in [-0.2, 0) is 11.2 Å². The minimum absolute atomic E-state index is 0.107. The zero-order valence-electron chi connectivity index (χ0n) is 15.0. The lowest BCUT2D eigenvalue weighted by Crippen LogP contribution is -2.14. The second-order valence-corrected chi connectivity index (χ2v) is 5.63. The summed E-state index contributed by atoms with van der Waals surface area (Å²) in [7, 11) is 0. The van der Waals surface area contributed by atoms with Crippen LogP contribution in [0.5, 0.6) is 0 Å². The van der Waals surface area contributed by atoms with E-state index in [-0.39, 0.29) is 5.90 Å². The van der Waals surface area contributed by atoms with Gasteiger partial charge in [0.25, 0.3) is 0 Å². The van der Waals surface area contributed by atoms with E-state index < -0.39 is 0 Å². The number of aromatic nitrogens is 2. The molecule has 0 saturated carbocycles. The van der Waals surface area contributed by atoms with Gasteiger partial charge in [-0.15, -0.1) is 0 Å². The third-order valence-electron chi connectivity index (χ3n) is 3.71. The molecule has 0 fully saturated rings. The number of nitrogens with zero attached hydrogens (tertiary/aromatic N) is 2. The van der Waals surface area contributed by atoms with Crippen molar-refractivity contribution >= 4 is 17.4 Å². The van der Waals surface area contributed by atoms with E-state index >= 15 is 0 Å². The number of benzene rings is 1. The molecule has 0 saturated heterocycles. The molecule has 0 aliphatic heterocycles. The average Bonchev–Trinajstić information content (AvgIpc) is 2.61. The summed E-state index contributed by atoms with van der Waals surface area (Å²) in [5.41, 5.74) is 4.28. The van der Waals surface area contributed by atoms with Crippen molar-refractivity contribution < 1.29 is 4.74 Å². The lowest BCUT2D eigenvalue weighted by atomic mass is 10.2. The van der Waals surface area contributed by atoms with Gasteiger partial charge in [-0.2, -0.15) is 0 Å². The fourth-order valence-corrected chi connectivity index (χ4v) is 2.26. The predicted molar refractivity (Wildman–Crippen MR) is 102 cm³/mol. The molecule has 1 aromatic heterocycles. The molecular formula is C19H25N5O. The first-order chi connectivity index (χ1) is 12.1. The largest absolute Gasteiger partial charge is 0.476 e. The number of nitrogens with one attached hydrogen (secondary N) is 3. The first-order valence-corrected chi connectivity index (χ1v) is 8.35. The van der Waals surface area contributed by atoms with Crippen LogP contribution >= 0.6 is 0 Å². The summed E-state index contributed by atoms with van der Waals surface area (Å²) in [5, 5.41) is 14.1. The molecule has 0 bridgehead atoms. The van der Waals surface area contributed by atoms with E-state index in [1.165, 1.54) is 5.56 Å². The number of anilines is 2. The van der Waals surface area contributed by atoms with Crippen LogP contribution in [-0.4, -0.2) is 29.0 Å². The van der Waals surface area contributed by atoms with E-state index in [2.05, 4.69) is 27.5 Å². The van der Waals surface area contributed by atoms with Crippen molar-refractivity contribution in [2.75, 3.05) is 23.8 Å². The van der Waals surface area contributed by atoms with E-state index in [4.69, 9.17) is 10.1 Å². The van der Waals surface area contributed by atoms with Gasteiger partial charge in [0.05, 0.1) is 6.54 Å². The van der Waals surface area contributed by atoms with Crippen LogP contribution in [0, 0.1) is 19.3 Å². The Morgan fingerprint density at radius 1 is 1.20 bits per heavy atom. The highest BCUT2D eigenvalue weighted by Crippen LogP contribution is 2.13. The standard InChI is InChI=1S/C19H25N5O/c1-4-17-15(3)19(24-13-23-17)22-11-12-25-18(20)9-10-21-16-7-5-14(2)6-8-16/h5-10,13,20-21H,4,11-12H2,1-3H3,(H,22,23,24)/b10-9-,20-18?. The number of hydrogen-bond acceptors (Lipinski definition) is 6. The van der Waals surface area contributed by atoms with Crippen molar-refractivity contribution in [2.45, 2.75) is 27.2 Å².